The van der Waals surface area contributed by atoms with Gasteiger partial charge in [-0.15, -0.1) is 0 Å². The molecule has 1 aliphatic carbocycles. The molecule has 1 amide bonds. The van der Waals surface area contributed by atoms with Crippen LogP contribution in [-0.4, -0.2) is 52.0 Å². The topological polar surface area (TPSA) is 62.5 Å². The molecule has 0 radical (unpaired) electrons. The van der Waals surface area contributed by atoms with Crippen molar-refractivity contribution in [1.82, 2.24) is 19.9 Å². The molecule has 1 aromatic carbocycles. The summed E-state index contributed by atoms with van der Waals surface area (Å²) in [6.07, 6.45) is 7.34. The number of carbonyl (C=O) groups is 1. The summed E-state index contributed by atoms with van der Waals surface area (Å²) in [5.74, 6) is 2.49. The Morgan fingerprint density at radius 3 is 2.69 bits per heavy atom. The lowest BCUT2D eigenvalue weighted by Gasteiger charge is -2.38. The van der Waals surface area contributed by atoms with Crippen LogP contribution in [-0.2, 0) is 17.8 Å². The van der Waals surface area contributed by atoms with E-state index in [2.05, 4.69) is 44.2 Å². The van der Waals surface area contributed by atoms with Crippen LogP contribution in [0, 0.1) is 5.41 Å². The lowest BCUT2D eigenvalue weighted by molar-refractivity contribution is -0.127. The second kappa shape index (κ2) is 7.90. The van der Waals surface area contributed by atoms with Gasteiger partial charge in [0, 0.05) is 25.4 Å². The molecule has 2 saturated heterocycles. The Morgan fingerprint density at radius 1 is 1.14 bits per heavy atom. The van der Waals surface area contributed by atoms with Gasteiger partial charge in [-0.25, -0.2) is 0 Å². The van der Waals surface area contributed by atoms with Gasteiger partial charge in [-0.3, -0.25) is 9.69 Å². The van der Waals surface area contributed by atoms with Crippen molar-refractivity contribution in [3.05, 3.63) is 47.6 Å². The monoisotopic (exact) mass is 394 g/mol. The second-order valence-electron chi connectivity index (χ2n) is 9.18. The lowest BCUT2D eigenvalue weighted by Crippen LogP contribution is -2.41. The van der Waals surface area contributed by atoms with E-state index in [-0.39, 0.29) is 5.41 Å². The fourth-order valence-corrected chi connectivity index (χ4v) is 4.85. The molecule has 2 aromatic rings. The van der Waals surface area contributed by atoms with Gasteiger partial charge in [-0.1, -0.05) is 35.5 Å². The minimum atomic E-state index is 0.177. The van der Waals surface area contributed by atoms with Crippen LogP contribution in [0.25, 0.3) is 0 Å². The molecule has 1 aromatic heterocycles. The van der Waals surface area contributed by atoms with Gasteiger partial charge in [0.2, 0.25) is 11.8 Å². The molecule has 3 aliphatic rings. The molecule has 2 aliphatic heterocycles. The third kappa shape index (κ3) is 4.37. The standard InChI is InChI=1S/C23H30N4O2/c28-21-15-23(17-27(21)12-4-7-18-5-2-1-3-6-18)10-13-26(14-11-23)16-20-24-22(29-25-20)19-8-9-19/h1-3,5-6,19H,4,7-17H2. The SMILES string of the molecule is O=C1CC2(CCN(Cc3noc(C4CC4)n3)CC2)CN1CCCc1ccccc1. The quantitative estimate of drug-likeness (QED) is 0.720. The van der Waals surface area contributed by atoms with Crippen LogP contribution < -0.4 is 0 Å². The Balaban J connectivity index is 1.09. The van der Waals surface area contributed by atoms with Gasteiger partial charge in [-0.2, -0.15) is 4.98 Å². The van der Waals surface area contributed by atoms with Crippen molar-refractivity contribution in [2.24, 2.45) is 5.41 Å². The summed E-state index contributed by atoms with van der Waals surface area (Å²) in [6, 6.07) is 10.6. The summed E-state index contributed by atoms with van der Waals surface area (Å²) in [5.41, 5.74) is 1.53. The molecular formula is C23H30N4O2. The highest BCUT2D eigenvalue weighted by Crippen LogP contribution is 2.41. The summed E-state index contributed by atoms with van der Waals surface area (Å²) in [6.45, 7) is 4.60. The summed E-state index contributed by atoms with van der Waals surface area (Å²) in [4.78, 5) is 21.7. The zero-order valence-corrected chi connectivity index (χ0v) is 17.1. The van der Waals surface area contributed by atoms with E-state index < -0.39 is 0 Å². The van der Waals surface area contributed by atoms with Gasteiger partial charge in [-0.05, 0) is 62.6 Å². The van der Waals surface area contributed by atoms with Crippen molar-refractivity contribution in [2.75, 3.05) is 26.2 Å². The van der Waals surface area contributed by atoms with E-state index >= 15 is 0 Å². The van der Waals surface area contributed by atoms with Crippen LogP contribution in [0.4, 0.5) is 0 Å². The minimum Gasteiger partial charge on any atom is -0.342 e. The summed E-state index contributed by atoms with van der Waals surface area (Å²) >= 11 is 0. The Hall–Kier alpha value is -2.21. The third-order valence-corrected chi connectivity index (χ3v) is 6.83. The maximum absolute atomic E-state index is 12.6. The van der Waals surface area contributed by atoms with Gasteiger partial charge in [0.05, 0.1) is 6.54 Å². The number of aromatic nitrogens is 2. The molecule has 0 unspecified atom stereocenters. The molecule has 3 heterocycles. The second-order valence-corrected chi connectivity index (χ2v) is 9.18. The van der Waals surface area contributed by atoms with E-state index in [0.29, 0.717) is 11.8 Å². The van der Waals surface area contributed by atoms with E-state index in [9.17, 15) is 4.79 Å². The number of piperidine rings is 1. The normalized spacial score (nSPS) is 21.9. The molecule has 6 nitrogen and oxygen atoms in total. The Morgan fingerprint density at radius 2 is 1.93 bits per heavy atom. The van der Waals surface area contributed by atoms with E-state index in [4.69, 9.17) is 4.52 Å². The summed E-state index contributed by atoms with van der Waals surface area (Å²) < 4.78 is 5.38. The summed E-state index contributed by atoms with van der Waals surface area (Å²) in [5, 5.41) is 4.15. The van der Waals surface area contributed by atoms with E-state index in [1.165, 1.54) is 18.4 Å². The minimum absolute atomic E-state index is 0.177. The molecule has 0 bridgehead atoms. The van der Waals surface area contributed by atoms with Crippen molar-refractivity contribution in [3.8, 4) is 0 Å². The number of hydrogen-bond acceptors (Lipinski definition) is 5. The van der Waals surface area contributed by atoms with Gasteiger partial charge in [0.25, 0.3) is 0 Å². The molecule has 0 N–H and O–H groups in total. The first kappa shape index (κ1) is 18.8. The predicted octanol–water partition coefficient (Wildman–Crippen LogP) is 3.39. The number of hydrogen-bond donors (Lipinski definition) is 0. The van der Waals surface area contributed by atoms with E-state index in [0.717, 1.165) is 76.5 Å². The Kier molecular flexibility index (Phi) is 5.12. The molecule has 1 spiro atoms. The molecule has 6 heteroatoms. The number of carbonyl (C=O) groups excluding carboxylic acids is 1. The van der Waals surface area contributed by atoms with E-state index in [1.54, 1.807) is 0 Å². The average molecular weight is 395 g/mol. The maximum Gasteiger partial charge on any atom is 0.229 e. The third-order valence-electron chi connectivity index (χ3n) is 6.83. The highest BCUT2D eigenvalue weighted by Gasteiger charge is 2.44. The number of likely N-dealkylation sites (tertiary alicyclic amines) is 2. The molecular weight excluding hydrogens is 364 g/mol. The van der Waals surface area contributed by atoms with Crippen molar-refractivity contribution in [2.45, 2.75) is 57.4 Å². The number of nitrogens with zero attached hydrogens (tertiary/aromatic N) is 4. The fraction of sp³-hybridized carbons (Fsp3) is 0.609. The van der Waals surface area contributed by atoms with Crippen molar-refractivity contribution < 1.29 is 9.32 Å². The number of benzene rings is 1. The number of amides is 1. The van der Waals surface area contributed by atoms with Gasteiger partial charge >= 0.3 is 0 Å². The van der Waals surface area contributed by atoms with Crippen molar-refractivity contribution >= 4 is 5.91 Å². The van der Waals surface area contributed by atoms with Crippen LogP contribution in [0.15, 0.2) is 34.9 Å². The van der Waals surface area contributed by atoms with Gasteiger partial charge in [0.15, 0.2) is 5.82 Å². The Bertz CT molecular complexity index is 838. The lowest BCUT2D eigenvalue weighted by atomic mass is 9.77. The van der Waals surface area contributed by atoms with Crippen molar-refractivity contribution in [1.29, 1.82) is 0 Å². The fourth-order valence-electron chi connectivity index (χ4n) is 4.85. The van der Waals surface area contributed by atoms with Crippen LogP contribution in [0.3, 0.4) is 0 Å². The zero-order valence-electron chi connectivity index (χ0n) is 17.1. The van der Waals surface area contributed by atoms with Crippen LogP contribution in [0.5, 0.6) is 0 Å². The van der Waals surface area contributed by atoms with Gasteiger partial charge < -0.3 is 9.42 Å². The first-order valence-electron chi connectivity index (χ1n) is 11.1. The molecule has 3 fully saturated rings. The highest BCUT2D eigenvalue weighted by molar-refractivity contribution is 5.79. The average Bonchev–Trinajstić information content (AvgIpc) is 3.41. The first-order valence-corrected chi connectivity index (χ1v) is 11.1. The van der Waals surface area contributed by atoms with Crippen molar-refractivity contribution in [3.63, 3.8) is 0 Å². The molecule has 5 rings (SSSR count). The van der Waals surface area contributed by atoms with Crippen LogP contribution >= 0.6 is 0 Å². The summed E-state index contributed by atoms with van der Waals surface area (Å²) in [7, 11) is 0. The first-order chi connectivity index (χ1) is 14.2. The number of rotatable bonds is 7. The Labute approximate surface area is 172 Å². The van der Waals surface area contributed by atoms with Gasteiger partial charge in [0.1, 0.15) is 0 Å². The molecule has 1 saturated carbocycles. The maximum atomic E-state index is 12.6. The zero-order chi connectivity index (χ0) is 19.7. The predicted molar refractivity (Wildman–Crippen MR) is 109 cm³/mol. The molecule has 154 valence electrons. The van der Waals surface area contributed by atoms with Crippen LogP contribution in [0.1, 0.15) is 61.7 Å². The van der Waals surface area contributed by atoms with Crippen LogP contribution in [0.2, 0.25) is 0 Å². The highest BCUT2D eigenvalue weighted by atomic mass is 16.5. The molecule has 0 atom stereocenters. The van der Waals surface area contributed by atoms with E-state index in [1.807, 2.05) is 6.07 Å². The smallest absolute Gasteiger partial charge is 0.229 e. The largest absolute Gasteiger partial charge is 0.342 e. The number of aryl methyl sites for hydroxylation is 1. The molecule has 29 heavy (non-hydrogen) atoms.